The molecule has 8 atom stereocenters. The molecule has 2 amide bonds. The molecule has 2 saturated carbocycles. The van der Waals surface area contributed by atoms with Crippen LogP contribution in [0, 0.1) is 11.8 Å². The summed E-state index contributed by atoms with van der Waals surface area (Å²) in [4.78, 5) is 24.8. The van der Waals surface area contributed by atoms with E-state index in [1.165, 1.54) is 6.92 Å². The Balaban J connectivity index is 1.75. The molecule has 0 bridgehead atoms. The number of hydrogen-bond donors (Lipinski definition) is 2. The summed E-state index contributed by atoms with van der Waals surface area (Å²) in [6.45, 7) is 1.53. The van der Waals surface area contributed by atoms with Crippen LogP contribution in [0.1, 0.15) is 45.4 Å². The first-order valence-corrected chi connectivity index (χ1v) is 10.3. The Kier molecular flexibility index (Phi) is 7.02. The van der Waals surface area contributed by atoms with Gasteiger partial charge in [0.25, 0.3) is 6.43 Å². The van der Waals surface area contributed by atoms with E-state index in [-0.39, 0.29) is 32.1 Å². The number of rotatable bonds is 5. The first-order valence-electron chi connectivity index (χ1n) is 10.3. The van der Waals surface area contributed by atoms with Crippen molar-refractivity contribution in [1.29, 1.82) is 0 Å². The van der Waals surface area contributed by atoms with E-state index in [0.717, 1.165) is 0 Å². The second kappa shape index (κ2) is 9.18. The monoisotopic (exact) mass is 440 g/mol. The minimum absolute atomic E-state index is 0.0276. The molecular weight excluding hydrogens is 414 g/mol. The predicted octanol–water partition coefficient (Wildman–Crippen LogP) is 3.50. The van der Waals surface area contributed by atoms with E-state index >= 15 is 0 Å². The zero-order chi connectivity index (χ0) is 22.2. The van der Waals surface area contributed by atoms with E-state index in [0.29, 0.717) is 0 Å². The van der Waals surface area contributed by atoms with Gasteiger partial charge in [-0.3, -0.25) is 9.59 Å². The van der Waals surface area contributed by atoms with Crippen LogP contribution in [0.25, 0.3) is 0 Å². The van der Waals surface area contributed by atoms with Crippen molar-refractivity contribution in [3.8, 4) is 0 Å². The topological polar surface area (TPSA) is 58.2 Å². The summed E-state index contributed by atoms with van der Waals surface area (Å²) < 4.78 is 83.2. The highest BCUT2D eigenvalue weighted by molar-refractivity contribution is 6.00. The van der Waals surface area contributed by atoms with Crippen LogP contribution in [-0.4, -0.2) is 55.0 Å². The van der Waals surface area contributed by atoms with E-state index in [1.54, 1.807) is 0 Å². The Bertz CT molecular complexity index is 703. The highest BCUT2D eigenvalue weighted by Gasteiger charge is 2.49. The quantitative estimate of drug-likeness (QED) is 0.643. The van der Waals surface area contributed by atoms with Crippen LogP contribution in [0.3, 0.4) is 0 Å². The molecular formula is C20H26F6N2O2. The predicted molar refractivity (Wildman–Crippen MR) is 96.8 cm³/mol. The van der Waals surface area contributed by atoms with Crippen LogP contribution in [0.4, 0.5) is 26.3 Å². The number of fused-ring (bicyclic) bond motifs is 1. The minimum Gasteiger partial charge on any atom is -0.353 e. The van der Waals surface area contributed by atoms with Crippen LogP contribution < -0.4 is 10.6 Å². The molecule has 10 heteroatoms. The van der Waals surface area contributed by atoms with Crippen LogP contribution in [0.15, 0.2) is 11.1 Å². The van der Waals surface area contributed by atoms with Gasteiger partial charge in [-0.05, 0) is 32.6 Å². The Labute approximate surface area is 170 Å². The second-order valence-electron chi connectivity index (χ2n) is 8.50. The SMILES string of the molecule is C[C@H](NC(=O)CC1=C(C(F)F)C2C(CCC(F)C2F)NC1=O)C1CCC(F)CC1F. The van der Waals surface area contributed by atoms with Gasteiger partial charge in [0.2, 0.25) is 11.8 Å². The minimum atomic E-state index is -3.22. The van der Waals surface area contributed by atoms with E-state index < -0.39 is 84.4 Å². The van der Waals surface area contributed by atoms with Crippen LogP contribution in [0.5, 0.6) is 0 Å². The van der Waals surface area contributed by atoms with Crippen LogP contribution in [0.2, 0.25) is 0 Å². The Hall–Kier alpha value is -1.74. The molecule has 0 saturated heterocycles. The fourth-order valence-corrected chi connectivity index (χ4v) is 4.95. The van der Waals surface area contributed by atoms with Crippen LogP contribution in [-0.2, 0) is 9.59 Å². The third-order valence-electron chi connectivity index (χ3n) is 6.54. The number of carbonyl (C=O) groups is 2. The van der Waals surface area contributed by atoms with Crippen molar-refractivity contribution in [2.75, 3.05) is 0 Å². The number of halogens is 6. The molecule has 0 aromatic heterocycles. The van der Waals surface area contributed by atoms with Gasteiger partial charge in [-0.1, -0.05) is 0 Å². The van der Waals surface area contributed by atoms with E-state index in [4.69, 9.17) is 0 Å². The standard InChI is InChI=1S/C20H26F6N2O2/c1-8(10-3-2-9(21)6-13(10)23)27-15(29)7-11-16(19(25)26)17-14(28-20(11)30)5-4-12(22)18(17)24/h8-10,12-14,17-19H,2-7H2,1H3,(H,27,29)(H,28,30)/t8-,9?,10?,12?,13?,14?,17?,18?/m0/s1. The summed E-state index contributed by atoms with van der Waals surface area (Å²) in [5.74, 6) is -3.86. The molecule has 170 valence electrons. The summed E-state index contributed by atoms with van der Waals surface area (Å²) in [6, 6.07) is -1.65. The van der Waals surface area contributed by atoms with Gasteiger partial charge >= 0.3 is 0 Å². The largest absolute Gasteiger partial charge is 0.353 e. The third-order valence-corrected chi connectivity index (χ3v) is 6.54. The molecule has 0 aromatic carbocycles. The lowest BCUT2D eigenvalue weighted by Gasteiger charge is -2.41. The molecule has 0 aromatic rings. The fourth-order valence-electron chi connectivity index (χ4n) is 4.95. The lowest BCUT2D eigenvalue weighted by atomic mass is 9.73. The maximum Gasteiger partial charge on any atom is 0.261 e. The van der Waals surface area contributed by atoms with Gasteiger partial charge in [-0.25, -0.2) is 26.3 Å². The molecule has 0 spiro atoms. The maximum absolute atomic E-state index is 14.4. The van der Waals surface area contributed by atoms with E-state index in [1.807, 2.05) is 0 Å². The number of amides is 2. The molecule has 1 aliphatic heterocycles. The second-order valence-corrected chi connectivity index (χ2v) is 8.50. The van der Waals surface area contributed by atoms with Gasteiger partial charge in [0.15, 0.2) is 0 Å². The molecule has 2 fully saturated rings. The summed E-state index contributed by atoms with van der Waals surface area (Å²) in [7, 11) is 0. The lowest BCUT2D eigenvalue weighted by Crippen LogP contribution is -2.55. The molecule has 0 radical (unpaired) electrons. The molecule has 7 unspecified atom stereocenters. The van der Waals surface area contributed by atoms with Crippen molar-refractivity contribution in [1.82, 2.24) is 10.6 Å². The molecule has 1 heterocycles. The Morgan fingerprint density at radius 2 is 1.80 bits per heavy atom. The summed E-state index contributed by atoms with van der Waals surface area (Å²) >= 11 is 0. The Morgan fingerprint density at radius 1 is 1.10 bits per heavy atom. The smallest absolute Gasteiger partial charge is 0.261 e. The number of alkyl halides is 6. The molecule has 4 nitrogen and oxygen atoms in total. The van der Waals surface area contributed by atoms with Crippen molar-refractivity contribution in [3.05, 3.63) is 11.1 Å². The first-order chi connectivity index (χ1) is 14.1. The van der Waals surface area contributed by atoms with Crippen LogP contribution >= 0.6 is 0 Å². The van der Waals surface area contributed by atoms with Gasteiger partial charge < -0.3 is 10.6 Å². The highest BCUT2D eigenvalue weighted by Crippen LogP contribution is 2.41. The summed E-state index contributed by atoms with van der Waals surface area (Å²) in [6.07, 6.45) is -10.8. The molecule has 3 aliphatic rings. The fraction of sp³-hybridized carbons (Fsp3) is 0.800. The number of carbonyl (C=O) groups excluding carboxylic acids is 2. The van der Waals surface area contributed by atoms with Gasteiger partial charge in [0, 0.05) is 41.5 Å². The van der Waals surface area contributed by atoms with E-state index in [9.17, 15) is 35.9 Å². The average molecular weight is 440 g/mol. The van der Waals surface area contributed by atoms with Crippen molar-refractivity contribution < 1.29 is 35.9 Å². The molecule has 2 aliphatic carbocycles. The van der Waals surface area contributed by atoms with Crippen molar-refractivity contribution in [2.24, 2.45) is 11.8 Å². The average Bonchev–Trinajstić information content (AvgIpc) is 2.65. The molecule has 3 rings (SSSR count). The van der Waals surface area contributed by atoms with Crippen molar-refractivity contribution in [3.63, 3.8) is 0 Å². The number of nitrogens with one attached hydrogen (secondary N) is 2. The maximum atomic E-state index is 14.4. The van der Waals surface area contributed by atoms with Gasteiger partial charge in [-0.2, -0.15) is 0 Å². The first kappa shape index (κ1) is 22.9. The van der Waals surface area contributed by atoms with Gasteiger partial charge in [-0.15, -0.1) is 0 Å². The number of hydrogen-bond acceptors (Lipinski definition) is 2. The van der Waals surface area contributed by atoms with Crippen molar-refractivity contribution in [2.45, 2.75) is 88.6 Å². The van der Waals surface area contributed by atoms with Gasteiger partial charge in [0.05, 0.1) is 6.42 Å². The van der Waals surface area contributed by atoms with Gasteiger partial charge in [0.1, 0.15) is 24.7 Å². The zero-order valence-electron chi connectivity index (χ0n) is 16.5. The molecule has 2 N–H and O–H groups in total. The third kappa shape index (κ3) is 4.61. The zero-order valence-corrected chi connectivity index (χ0v) is 16.5. The van der Waals surface area contributed by atoms with E-state index in [2.05, 4.69) is 10.6 Å². The highest BCUT2D eigenvalue weighted by atomic mass is 19.3. The lowest BCUT2D eigenvalue weighted by molar-refractivity contribution is -0.125. The van der Waals surface area contributed by atoms with Crippen molar-refractivity contribution >= 4 is 11.8 Å². The Morgan fingerprint density at radius 3 is 2.43 bits per heavy atom. The molecule has 30 heavy (non-hydrogen) atoms. The summed E-state index contributed by atoms with van der Waals surface area (Å²) in [5.41, 5.74) is -1.40. The summed E-state index contributed by atoms with van der Waals surface area (Å²) in [5, 5.41) is 4.91. The normalized spacial score (nSPS) is 38.1.